The van der Waals surface area contributed by atoms with E-state index in [1.165, 1.54) is 0 Å². The summed E-state index contributed by atoms with van der Waals surface area (Å²) < 4.78 is 8.89. The van der Waals surface area contributed by atoms with Crippen LogP contribution in [0.1, 0.15) is 18.4 Å². The summed E-state index contributed by atoms with van der Waals surface area (Å²) in [7, 11) is 0. The topological polar surface area (TPSA) is 27.1 Å². The van der Waals surface area contributed by atoms with Gasteiger partial charge in [-0.1, -0.05) is 12.1 Å². The van der Waals surface area contributed by atoms with Crippen LogP contribution in [-0.2, 0) is 13.2 Å². The molecule has 0 aliphatic carbocycles. The summed E-state index contributed by atoms with van der Waals surface area (Å²) in [6.07, 6.45) is 1.87. The van der Waals surface area contributed by atoms with Crippen LogP contribution in [0.2, 0.25) is 0 Å². The van der Waals surface area contributed by atoms with E-state index in [0.29, 0.717) is 6.61 Å². The molecular weight excluding hydrogens is 280 g/mol. The summed E-state index contributed by atoms with van der Waals surface area (Å²) in [5.74, 6) is 1.88. The molecule has 1 aromatic carbocycles. The maximum Gasteiger partial charge on any atom is 0.134 e. The highest BCUT2D eigenvalue weighted by molar-refractivity contribution is 9.10. The van der Waals surface area contributed by atoms with E-state index in [0.717, 1.165) is 28.3 Å². The van der Waals surface area contributed by atoms with E-state index in [1.54, 1.807) is 0 Å². The average molecular weight is 295 g/mol. The number of halogens is 1. The fraction of sp³-hybridized carbons (Fsp3) is 0.308. The first-order valence-corrected chi connectivity index (χ1v) is 6.40. The van der Waals surface area contributed by atoms with Crippen LogP contribution in [0.15, 0.2) is 34.9 Å². The molecule has 0 unspecified atom stereocenters. The number of aromatic nitrogens is 2. The third-order valence-corrected chi connectivity index (χ3v) is 3.32. The van der Waals surface area contributed by atoms with Crippen LogP contribution in [0.3, 0.4) is 0 Å². The van der Waals surface area contributed by atoms with Gasteiger partial charge in [-0.15, -0.1) is 0 Å². The van der Waals surface area contributed by atoms with E-state index in [2.05, 4.69) is 32.4 Å². The Morgan fingerprint density at radius 3 is 2.82 bits per heavy atom. The van der Waals surface area contributed by atoms with E-state index in [4.69, 9.17) is 4.74 Å². The molecule has 2 rings (SSSR count). The van der Waals surface area contributed by atoms with Crippen molar-refractivity contribution in [2.45, 2.75) is 27.0 Å². The molecule has 0 aliphatic heterocycles. The second kappa shape index (κ2) is 5.36. The largest absolute Gasteiger partial charge is 0.486 e. The Hall–Kier alpha value is -1.29. The predicted molar refractivity (Wildman–Crippen MR) is 71.1 cm³/mol. The van der Waals surface area contributed by atoms with Gasteiger partial charge in [0.15, 0.2) is 0 Å². The second-order valence-corrected chi connectivity index (χ2v) is 4.61. The first-order chi connectivity index (χ1) is 8.22. The summed E-state index contributed by atoms with van der Waals surface area (Å²) >= 11 is 3.46. The van der Waals surface area contributed by atoms with Gasteiger partial charge < -0.3 is 9.30 Å². The molecule has 3 nitrogen and oxygen atoms in total. The maximum absolute atomic E-state index is 5.77. The Morgan fingerprint density at radius 1 is 1.35 bits per heavy atom. The lowest BCUT2D eigenvalue weighted by molar-refractivity contribution is 0.293. The minimum Gasteiger partial charge on any atom is -0.486 e. The highest BCUT2D eigenvalue weighted by Gasteiger charge is 2.06. The molecule has 0 fully saturated rings. The second-order valence-electron chi connectivity index (χ2n) is 3.76. The van der Waals surface area contributed by atoms with Gasteiger partial charge in [-0.3, -0.25) is 0 Å². The summed E-state index contributed by atoms with van der Waals surface area (Å²) in [6.45, 7) is 5.57. The fourth-order valence-electron chi connectivity index (χ4n) is 1.78. The fourth-order valence-corrected chi connectivity index (χ4v) is 2.17. The van der Waals surface area contributed by atoms with Crippen LogP contribution >= 0.6 is 15.9 Å². The number of para-hydroxylation sites is 1. The molecule has 0 atom stereocenters. The molecule has 90 valence electrons. The third-order valence-electron chi connectivity index (χ3n) is 2.67. The molecule has 0 amide bonds. The Kier molecular flexibility index (Phi) is 3.84. The van der Waals surface area contributed by atoms with Crippen LogP contribution in [0.5, 0.6) is 5.75 Å². The molecule has 0 bridgehead atoms. The van der Waals surface area contributed by atoms with Crippen molar-refractivity contribution in [3.8, 4) is 5.75 Å². The van der Waals surface area contributed by atoms with Crippen molar-refractivity contribution in [1.29, 1.82) is 0 Å². The smallest absolute Gasteiger partial charge is 0.134 e. The van der Waals surface area contributed by atoms with Gasteiger partial charge in [0.05, 0.1) is 16.4 Å². The van der Waals surface area contributed by atoms with Crippen molar-refractivity contribution in [2.24, 2.45) is 0 Å². The van der Waals surface area contributed by atoms with Crippen LogP contribution < -0.4 is 4.74 Å². The number of hydrogen-bond acceptors (Lipinski definition) is 2. The molecule has 0 spiro atoms. The minimum absolute atomic E-state index is 0.539. The molecule has 0 aliphatic rings. The SMILES string of the molecule is CCn1c(COc2ccccc2Br)cnc1C. The first kappa shape index (κ1) is 12.2. The molecule has 0 saturated heterocycles. The quantitative estimate of drug-likeness (QED) is 0.862. The summed E-state index contributed by atoms with van der Waals surface area (Å²) in [5, 5.41) is 0. The van der Waals surface area contributed by atoms with Crippen LogP contribution in [0.25, 0.3) is 0 Å². The summed E-state index contributed by atoms with van der Waals surface area (Å²) in [5.41, 5.74) is 1.10. The average Bonchev–Trinajstić information content (AvgIpc) is 2.69. The van der Waals surface area contributed by atoms with Crippen molar-refractivity contribution in [2.75, 3.05) is 0 Å². The molecule has 17 heavy (non-hydrogen) atoms. The zero-order valence-electron chi connectivity index (χ0n) is 9.98. The lowest BCUT2D eigenvalue weighted by Crippen LogP contribution is -2.06. The van der Waals surface area contributed by atoms with Crippen molar-refractivity contribution in [1.82, 2.24) is 9.55 Å². The molecule has 1 heterocycles. The highest BCUT2D eigenvalue weighted by Crippen LogP contribution is 2.24. The number of ether oxygens (including phenoxy) is 1. The minimum atomic E-state index is 0.539. The van der Waals surface area contributed by atoms with E-state index in [1.807, 2.05) is 37.4 Å². The standard InChI is InChI=1S/C13H15BrN2O/c1-3-16-10(2)15-8-11(16)9-17-13-7-5-4-6-12(13)14/h4-8H,3,9H2,1-2H3. The maximum atomic E-state index is 5.77. The number of hydrogen-bond donors (Lipinski definition) is 0. The third kappa shape index (κ3) is 2.69. The predicted octanol–water partition coefficient (Wildman–Crippen LogP) is 3.55. The molecule has 0 N–H and O–H groups in total. The van der Waals surface area contributed by atoms with Crippen molar-refractivity contribution < 1.29 is 4.74 Å². The molecule has 4 heteroatoms. The Morgan fingerprint density at radius 2 is 2.12 bits per heavy atom. The van der Waals surface area contributed by atoms with E-state index in [9.17, 15) is 0 Å². The first-order valence-electron chi connectivity index (χ1n) is 5.60. The van der Waals surface area contributed by atoms with Gasteiger partial charge in [-0.2, -0.15) is 0 Å². The number of rotatable bonds is 4. The Bertz CT molecular complexity index is 508. The number of benzene rings is 1. The molecular formula is C13H15BrN2O. The van der Waals surface area contributed by atoms with E-state index < -0.39 is 0 Å². The zero-order chi connectivity index (χ0) is 12.3. The van der Waals surface area contributed by atoms with Gasteiger partial charge in [0.1, 0.15) is 18.2 Å². The molecule has 1 aromatic heterocycles. The zero-order valence-corrected chi connectivity index (χ0v) is 11.6. The number of nitrogens with zero attached hydrogens (tertiary/aromatic N) is 2. The van der Waals surface area contributed by atoms with Gasteiger partial charge in [0.2, 0.25) is 0 Å². The van der Waals surface area contributed by atoms with Gasteiger partial charge >= 0.3 is 0 Å². The van der Waals surface area contributed by atoms with Gasteiger partial charge in [-0.05, 0) is 41.9 Å². The number of imidazole rings is 1. The number of aryl methyl sites for hydroxylation is 1. The Balaban J connectivity index is 2.10. The van der Waals surface area contributed by atoms with E-state index in [-0.39, 0.29) is 0 Å². The molecule has 2 aromatic rings. The Labute approximate surface area is 110 Å². The highest BCUT2D eigenvalue weighted by atomic mass is 79.9. The lowest BCUT2D eigenvalue weighted by atomic mass is 10.3. The van der Waals surface area contributed by atoms with E-state index >= 15 is 0 Å². The summed E-state index contributed by atoms with van der Waals surface area (Å²) in [6, 6.07) is 7.85. The lowest BCUT2D eigenvalue weighted by Gasteiger charge is -2.10. The normalized spacial score (nSPS) is 10.5. The van der Waals surface area contributed by atoms with Gasteiger partial charge in [0, 0.05) is 6.54 Å². The van der Waals surface area contributed by atoms with Crippen molar-refractivity contribution in [3.63, 3.8) is 0 Å². The molecule has 0 saturated carbocycles. The van der Waals surface area contributed by atoms with Crippen molar-refractivity contribution in [3.05, 3.63) is 46.5 Å². The summed E-state index contributed by atoms with van der Waals surface area (Å²) in [4.78, 5) is 4.29. The van der Waals surface area contributed by atoms with Crippen LogP contribution in [-0.4, -0.2) is 9.55 Å². The van der Waals surface area contributed by atoms with Crippen molar-refractivity contribution >= 4 is 15.9 Å². The van der Waals surface area contributed by atoms with Gasteiger partial charge in [-0.25, -0.2) is 4.98 Å². The van der Waals surface area contributed by atoms with Gasteiger partial charge in [0.25, 0.3) is 0 Å². The van der Waals surface area contributed by atoms with Crippen LogP contribution in [0, 0.1) is 6.92 Å². The van der Waals surface area contributed by atoms with Crippen LogP contribution in [0.4, 0.5) is 0 Å². The molecule has 0 radical (unpaired) electrons. The monoisotopic (exact) mass is 294 g/mol.